The molecular formula is C73H103N17O26. The van der Waals surface area contributed by atoms with Gasteiger partial charge < -0.3 is 122 Å². The number of aliphatic hydroxyl groups excluding tert-OH is 1. The van der Waals surface area contributed by atoms with E-state index in [1.165, 1.54) is 24.3 Å². The van der Waals surface area contributed by atoms with Crippen LogP contribution in [0.4, 0.5) is 5.69 Å². The number of carbonyl (C=O) groups is 20. The molecule has 12 atom stereocenters. The first-order valence-electron chi connectivity index (χ1n) is 37.1. The topological polar surface area (TPSA) is 702 Å². The Morgan fingerprint density at radius 3 is 1.70 bits per heavy atom. The number of amides is 14. The monoisotopic (exact) mass is 1630 g/mol. The van der Waals surface area contributed by atoms with Gasteiger partial charge in [-0.25, -0.2) is 4.79 Å². The van der Waals surface area contributed by atoms with Crippen LogP contribution >= 0.6 is 0 Å². The number of cyclic esters (lactones) is 1. The number of aromatic amines is 1. The van der Waals surface area contributed by atoms with Gasteiger partial charge in [0.1, 0.15) is 72.6 Å². The largest absolute Gasteiger partial charge is 0.481 e. The summed E-state index contributed by atoms with van der Waals surface area (Å²) in [4.78, 5) is 277. The number of rotatable bonds is 35. The Balaban J connectivity index is 1.89. The molecule has 0 aliphatic carbocycles. The molecule has 0 radical (unpaired) electrons. The summed E-state index contributed by atoms with van der Waals surface area (Å²) in [5, 5.41) is 79.0. The molecule has 116 heavy (non-hydrogen) atoms. The Labute approximate surface area is 663 Å². The standard InChI is InChI=1S/C73H103N17O26/c1-6-7-8-9-10-11-12-23-53(94)82-44(25-38-32-77-42-21-16-14-18-39(38)42)66(109)85-45(27-52(76)93)67(110)87-48(30-58(101)102)68(111)89-60-37(3)116-72(115)49(26-51(92)40-19-13-15-20-41(40)75)88-71(114)61(73(4,5)31-59(103)104)90-69(112)50(35-91)83-55(96)33-78-63(106)46(28-56(97)98)84-62(105)36(2)80-65(108)47(29-57(99)100)86-64(107)43(22-17-24-74)81-54(95)34-79-70(60)113/h13-16,18-21,32,36-37,43-50,60-61,77,91H,6-12,17,22-31,33-35,74-75H2,1-5H3,(H2,76,93)(H,78,106)(H,79,113)(H,80,108)(H,81,95)(H,82,94)(H,83,96)(H,84,105)(H,85,109)(H,86,107)(H,87,110)(H,88,114)(H,89,111)(H,90,112)(H,97,98)(H,99,100)(H,101,102)(H,103,104)/t36-,37-,43+,44+,45+,46+,47+,48+,49+,50-,60+,61-/m1/s1. The van der Waals surface area contributed by atoms with E-state index in [-0.39, 0.29) is 37.1 Å². The Bertz CT molecular complexity index is 4090. The molecule has 25 N–H and O–H groups in total. The highest BCUT2D eigenvalue weighted by molar-refractivity contribution is 6.05. The number of H-pyrrole nitrogens is 1. The summed E-state index contributed by atoms with van der Waals surface area (Å²) in [5.41, 5.74) is 16.1. The average Bonchev–Trinajstić information content (AvgIpc) is 1.15. The summed E-state index contributed by atoms with van der Waals surface area (Å²) >= 11 is 0. The number of anilines is 1. The van der Waals surface area contributed by atoms with Crippen molar-refractivity contribution in [3.8, 4) is 0 Å². The van der Waals surface area contributed by atoms with Crippen molar-refractivity contribution in [2.45, 2.75) is 216 Å². The molecule has 1 fully saturated rings. The predicted octanol–water partition coefficient (Wildman–Crippen LogP) is -5.23. The fraction of sp³-hybridized carbons (Fsp3) is 0.534. The molecule has 14 amide bonds. The van der Waals surface area contributed by atoms with Gasteiger partial charge in [0.15, 0.2) is 5.78 Å². The molecule has 2 aromatic carbocycles. The maximum atomic E-state index is 14.9. The smallest absolute Gasteiger partial charge is 0.329 e. The summed E-state index contributed by atoms with van der Waals surface area (Å²) < 4.78 is 5.71. The highest BCUT2D eigenvalue weighted by atomic mass is 16.5. The minimum atomic E-state index is -2.45. The van der Waals surface area contributed by atoms with Gasteiger partial charge in [0.05, 0.1) is 51.8 Å². The van der Waals surface area contributed by atoms with Crippen LogP contribution in [-0.2, 0) is 102 Å². The summed E-state index contributed by atoms with van der Waals surface area (Å²) in [7, 11) is 0. The quantitative estimate of drug-likeness (QED) is 0.0113. The molecule has 0 unspecified atom stereocenters. The number of nitrogens with two attached hydrogens (primary N) is 3. The Morgan fingerprint density at radius 2 is 1.10 bits per heavy atom. The number of hydrogen-bond acceptors (Lipinski definition) is 24. The number of aliphatic hydroxyl groups is 1. The van der Waals surface area contributed by atoms with Crippen LogP contribution in [0.5, 0.6) is 0 Å². The number of carboxylic acid groups (broad SMARTS) is 4. The van der Waals surface area contributed by atoms with E-state index in [0.717, 1.165) is 59.8 Å². The van der Waals surface area contributed by atoms with Gasteiger partial charge in [-0.15, -0.1) is 0 Å². The van der Waals surface area contributed by atoms with E-state index in [1.807, 2.05) is 16.0 Å². The lowest BCUT2D eigenvalue weighted by Crippen LogP contribution is -2.62. The molecule has 1 saturated heterocycles. The number of primary amides is 1. The average molecular weight is 1630 g/mol. The molecule has 1 aliphatic rings. The minimum Gasteiger partial charge on any atom is -0.481 e. The second-order valence-corrected chi connectivity index (χ2v) is 28.2. The van der Waals surface area contributed by atoms with Crippen LogP contribution in [0.2, 0.25) is 0 Å². The fourth-order valence-electron chi connectivity index (χ4n) is 12.0. The number of carbonyl (C=O) groups excluding carboxylic acids is 16. The van der Waals surface area contributed by atoms with E-state index in [4.69, 9.17) is 21.9 Å². The minimum absolute atomic E-state index is 0.0194. The van der Waals surface area contributed by atoms with Crippen LogP contribution in [0.3, 0.4) is 0 Å². The Kier molecular flexibility index (Phi) is 38.8. The number of fused-ring (bicyclic) bond motifs is 1. The molecule has 1 aliphatic heterocycles. The number of hydrogen-bond donors (Lipinski definition) is 22. The molecule has 43 nitrogen and oxygen atoms in total. The molecule has 1 aromatic heterocycles. The second-order valence-electron chi connectivity index (χ2n) is 28.2. The van der Waals surface area contributed by atoms with E-state index in [1.54, 1.807) is 30.5 Å². The number of ketones is 1. The number of nitrogen functional groups attached to an aromatic ring is 1. The third-order valence-corrected chi connectivity index (χ3v) is 18.2. The van der Waals surface area contributed by atoms with Gasteiger partial charge in [-0.3, -0.25) is 91.1 Å². The zero-order chi connectivity index (χ0) is 86.7. The number of para-hydroxylation sites is 2. The number of aliphatic carboxylic acids is 4. The zero-order valence-electron chi connectivity index (χ0n) is 64.5. The summed E-state index contributed by atoms with van der Waals surface area (Å²) in [6.07, 6.45) is -2.40. The summed E-state index contributed by atoms with van der Waals surface area (Å²) in [6.45, 7) is 2.23. The van der Waals surface area contributed by atoms with E-state index in [9.17, 15) is 121 Å². The Hall–Kier alpha value is -12.7. The van der Waals surface area contributed by atoms with Crippen molar-refractivity contribution in [3.05, 3.63) is 65.9 Å². The molecule has 3 aromatic rings. The van der Waals surface area contributed by atoms with Gasteiger partial charge >= 0.3 is 29.8 Å². The first-order chi connectivity index (χ1) is 54.7. The van der Waals surface area contributed by atoms with Gasteiger partial charge in [0.2, 0.25) is 82.7 Å². The summed E-state index contributed by atoms with van der Waals surface area (Å²) in [6, 6.07) is -10.6. The number of Topliss-reactive ketones (excluding diaryl/α,β-unsaturated/α-hetero) is 1. The Morgan fingerprint density at radius 1 is 0.560 bits per heavy atom. The number of esters is 1. The molecule has 2 heterocycles. The number of benzene rings is 2. The molecule has 4 rings (SSSR count). The molecule has 0 spiro atoms. The van der Waals surface area contributed by atoms with Crippen molar-refractivity contribution in [1.29, 1.82) is 0 Å². The number of carboxylic acids is 4. The number of aromatic nitrogens is 1. The van der Waals surface area contributed by atoms with Crippen LogP contribution in [-0.4, -0.2) is 248 Å². The maximum Gasteiger partial charge on any atom is 0.329 e. The van der Waals surface area contributed by atoms with Gasteiger partial charge in [0.25, 0.3) is 0 Å². The van der Waals surface area contributed by atoms with E-state index < -0.39 is 261 Å². The highest BCUT2D eigenvalue weighted by Gasteiger charge is 2.44. The van der Waals surface area contributed by atoms with E-state index in [0.29, 0.717) is 29.3 Å². The number of ether oxygens (including phenoxy) is 1. The SMILES string of the molecule is CCCCCCCCCC(=O)N[C@@H](Cc1c[nH]c2ccccc12)C(=O)N[C@@H](CC(N)=O)C(=O)N[C@@H](CC(=O)O)C(=O)N[C@@H]1C(=O)NCC(=O)N[C@@H](CCCN)C(=O)N[C@@H](CC(=O)O)C(=O)N[C@H](C)C(=O)N[C@@H](CC(=O)O)C(=O)NCC(=O)N[C@H](CO)C(=O)N[C@@H](C(C)(C)CC(=O)O)C(=O)N[C@@H](CC(=O)c2ccccc2N)C(=O)O[C@@H]1C. The third kappa shape index (κ3) is 32.1. The van der Waals surface area contributed by atoms with Gasteiger partial charge in [-0.1, -0.05) is 89.6 Å². The number of unbranched alkanes of at least 4 members (excludes halogenated alkanes) is 6. The first-order valence-corrected chi connectivity index (χ1v) is 37.1. The predicted molar refractivity (Wildman–Crippen MR) is 405 cm³/mol. The molecular weight excluding hydrogens is 1530 g/mol. The second kappa shape index (κ2) is 47.1. The highest BCUT2D eigenvalue weighted by Crippen LogP contribution is 2.27. The third-order valence-electron chi connectivity index (χ3n) is 18.2. The van der Waals surface area contributed by atoms with Crippen LogP contribution in [0.1, 0.15) is 153 Å². The van der Waals surface area contributed by atoms with Crippen molar-refractivity contribution < 1.29 is 126 Å². The normalized spacial score (nSPS) is 21.0. The van der Waals surface area contributed by atoms with Crippen LogP contribution in [0.15, 0.2) is 54.7 Å². The molecule has 636 valence electrons. The van der Waals surface area contributed by atoms with Crippen LogP contribution < -0.4 is 86.3 Å². The summed E-state index contributed by atoms with van der Waals surface area (Å²) in [5.74, 6) is -28.3. The zero-order valence-corrected chi connectivity index (χ0v) is 64.5. The fourth-order valence-corrected chi connectivity index (χ4v) is 12.0. The lowest BCUT2D eigenvalue weighted by molar-refractivity contribution is -0.156. The number of nitrogens with one attached hydrogen (secondary N) is 14. The van der Waals surface area contributed by atoms with Crippen molar-refractivity contribution in [3.63, 3.8) is 0 Å². The van der Waals surface area contributed by atoms with Crippen molar-refractivity contribution in [2.24, 2.45) is 16.9 Å². The molecule has 0 bridgehead atoms. The van der Waals surface area contributed by atoms with E-state index in [2.05, 4.69) is 65.1 Å². The van der Waals surface area contributed by atoms with Gasteiger partial charge in [-0.2, -0.15) is 0 Å². The van der Waals surface area contributed by atoms with Crippen molar-refractivity contribution >= 4 is 135 Å². The van der Waals surface area contributed by atoms with Crippen LogP contribution in [0, 0.1) is 5.41 Å². The van der Waals surface area contributed by atoms with Gasteiger partial charge in [0, 0.05) is 53.0 Å². The van der Waals surface area contributed by atoms with Crippen molar-refractivity contribution in [2.75, 3.05) is 32.0 Å². The van der Waals surface area contributed by atoms with E-state index >= 15 is 0 Å². The lowest BCUT2D eigenvalue weighted by Gasteiger charge is -2.34. The lowest BCUT2D eigenvalue weighted by atomic mass is 9.80. The first kappa shape index (κ1) is 95.7. The van der Waals surface area contributed by atoms with Gasteiger partial charge in [-0.05, 0) is 63.4 Å². The van der Waals surface area contributed by atoms with Crippen molar-refractivity contribution in [1.82, 2.24) is 74.1 Å². The molecule has 0 saturated carbocycles. The molecule has 43 heteroatoms. The van der Waals surface area contributed by atoms with Crippen LogP contribution in [0.25, 0.3) is 10.9 Å². The maximum absolute atomic E-state index is 14.9.